The number of hydrogen-bond donors (Lipinski definition) is 4. The van der Waals surface area contributed by atoms with Crippen LogP contribution in [0.3, 0.4) is 0 Å². The zero-order valence-corrected chi connectivity index (χ0v) is 46.5. The predicted octanol–water partition coefficient (Wildman–Crippen LogP) is 8.44. The molecule has 4 N–H and O–H groups in total. The number of benzene rings is 4. The molecule has 2 fully saturated rings. The zero-order valence-electron chi connectivity index (χ0n) is 45.6. The standard InChI is InChI=1S/C61H71N7O9S/c1-8-66(46-20-24-75-25-21-46)52-28-45(27-50(39(52)6)57(70)63-32-51-37(4)26-38(5)65-58(51)71)41-16-18-48(19-17-41)76-22-11-23-77-54-29-42(56-40(7)64-35-78-56)14-15-43(54)31-62-59(72)53-30-47(69)34-67(53)61(74)55(36(2)3)68-33-44-12-9-10-13-49(44)60(68)73/h9-10,12-19,26-29,35-36,46-47,53,55,69H,8,11,20-25,30-34H2,1-7H3,(H,62,72)(H,63,70)(H,65,71)/t47-,53+,55?/m1/s1. The summed E-state index contributed by atoms with van der Waals surface area (Å²) in [6.45, 7) is 16.9. The summed E-state index contributed by atoms with van der Waals surface area (Å²) in [5, 5.41) is 16.9. The van der Waals surface area contributed by atoms with Gasteiger partial charge in [0.2, 0.25) is 11.8 Å². The van der Waals surface area contributed by atoms with Crippen LogP contribution in [0.4, 0.5) is 5.69 Å². The number of carbonyl (C=O) groups excluding carboxylic acids is 4. The maximum absolute atomic E-state index is 14.4. The van der Waals surface area contributed by atoms with Crippen molar-refractivity contribution >= 4 is 40.7 Å². The van der Waals surface area contributed by atoms with Gasteiger partial charge in [0.1, 0.15) is 23.6 Å². The van der Waals surface area contributed by atoms with E-state index in [2.05, 4.69) is 38.5 Å². The maximum atomic E-state index is 14.4. The Morgan fingerprint density at radius 1 is 0.897 bits per heavy atom. The molecule has 9 rings (SSSR count). The summed E-state index contributed by atoms with van der Waals surface area (Å²) in [6, 6.07) is 25.5. The molecular weight excluding hydrogens is 1010 g/mol. The van der Waals surface area contributed by atoms with E-state index in [9.17, 15) is 29.1 Å². The van der Waals surface area contributed by atoms with Gasteiger partial charge in [0, 0.05) is 98.5 Å². The summed E-state index contributed by atoms with van der Waals surface area (Å²) in [4.78, 5) is 82.6. The van der Waals surface area contributed by atoms with E-state index in [-0.39, 0.29) is 61.3 Å². The fourth-order valence-corrected chi connectivity index (χ4v) is 12.0. The Morgan fingerprint density at radius 2 is 1.64 bits per heavy atom. The number of aromatic amines is 1. The van der Waals surface area contributed by atoms with E-state index < -0.39 is 24.1 Å². The lowest BCUT2D eigenvalue weighted by Gasteiger charge is -2.37. The van der Waals surface area contributed by atoms with Crippen LogP contribution >= 0.6 is 11.3 Å². The van der Waals surface area contributed by atoms with Gasteiger partial charge in [-0.3, -0.25) is 24.0 Å². The van der Waals surface area contributed by atoms with Crippen LogP contribution in [0.5, 0.6) is 11.5 Å². The van der Waals surface area contributed by atoms with Crippen LogP contribution in [0.15, 0.2) is 95.2 Å². The molecule has 0 spiro atoms. The Morgan fingerprint density at radius 3 is 2.35 bits per heavy atom. The smallest absolute Gasteiger partial charge is 0.255 e. The minimum atomic E-state index is -0.927. The van der Waals surface area contributed by atoms with Gasteiger partial charge >= 0.3 is 0 Å². The molecule has 3 atom stereocenters. The normalized spacial score (nSPS) is 16.8. The number of hydrogen-bond acceptors (Lipinski definition) is 12. The topological polar surface area (TPSA) is 196 Å². The number of nitrogens with zero attached hydrogens (tertiary/aromatic N) is 4. The summed E-state index contributed by atoms with van der Waals surface area (Å²) in [5.41, 5.74) is 11.9. The average molecular weight is 1080 g/mol. The van der Waals surface area contributed by atoms with Crippen molar-refractivity contribution in [2.24, 2.45) is 5.92 Å². The Labute approximate surface area is 460 Å². The van der Waals surface area contributed by atoms with Crippen LogP contribution in [0.25, 0.3) is 21.6 Å². The maximum Gasteiger partial charge on any atom is 0.255 e. The van der Waals surface area contributed by atoms with Crippen molar-refractivity contribution in [1.82, 2.24) is 30.4 Å². The molecule has 0 bridgehead atoms. The minimum Gasteiger partial charge on any atom is -0.493 e. The molecule has 78 heavy (non-hydrogen) atoms. The second-order valence-corrected chi connectivity index (χ2v) is 21.8. The van der Waals surface area contributed by atoms with Crippen molar-refractivity contribution in [2.75, 3.05) is 44.4 Å². The van der Waals surface area contributed by atoms with Gasteiger partial charge in [-0.15, -0.1) is 11.3 Å². The van der Waals surface area contributed by atoms with Crippen molar-refractivity contribution in [3.8, 4) is 33.1 Å². The first kappa shape index (κ1) is 55.4. The van der Waals surface area contributed by atoms with E-state index in [0.717, 1.165) is 80.3 Å². The molecule has 3 aliphatic rings. The van der Waals surface area contributed by atoms with Crippen LogP contribution in [-0.4, -0.2) is 112 Å². The van der Waals surface area contributed by atoms with E-state index in [1.165, 1.54) is 16.2 Å². The first-order valence-corrected chi connectivity index (χ1v) is 28.0. The first-order chi connectivity index (χ1) is 37.6. The number of rotatable bonds is 20. The third kappa shape index (κ3) is 12.2. The number of carbonyl (C=O) groups is 4. The Bertz CT molecular complexity index is 3220. The number of β-amino-alcohol motifs (C(OH)–C–C–N with tert-alkyl or cyclic N) is 1. The summed E-state index contributed by atoms with van der Waals surface area (Å²) >= 11 is 1.53. The number of fused-ring (bicyclic) bond motifs is 1. The van der Waals surface area contributed by atoms with E-state index in [4.69, 9.17) is 14.2 Å². The van der Waals surface area contributed by atoms with Gasteiger partial charge in [0.05, 0.1) is 35.4 Å². The van der Waals surface area contributed by atoms with Crippen LogP contribution in [0.1, 0.15) is 106 Å². The van der Waals surface area contributed by atoms with Gasteiger partial charge < -0.3 is 49.6 Å². The first-order valence-electron chi connectivity index (χ1n) is 27.1. The molecule has 4 amide bonds. The molecule has 5 heterocycles. The quantitative estimate of drug-likeness (QED) is 0.0536. The number of aliphatic hydroxyl groups excluding tert-OH is 1. The highest BCUT2D eigenvalue weighted by molar-refractivity contribution is 7.13. The third-order valence-corrected chi connectivity index (χ3v) is 16.3. The number of amides is 4. The highest BCUT2D eigenvalue weighted by Crippen LogP contribution is 2.36. The Kier molecular flexibility index (Phi) is 17.4. The Hall–Kier alpha value is -7.34. The van der Waals surface area contributed by atoms with Crippen LogP contribution in [-0.2, 0) is 34.0 Å². The molecule has 3 aliphatic heterocycles. The Balaban J connectivity index is 0.855. The number of aromatic nitrogens is 2. The zero-order chi connectivity index (χ0) is 55.2. The van der Waals surface area contributed by atoms with Crippen molar-refractivity contribution < 1.29 is 38.5 Å². The van der Waals surface area contributed by atoms with Gasteiger partial charge in [-0.2, -0.15) is 0 Å². The van der Waals surface area contributed by atoms with Crippen molar-refractivity contribution in [2.45, 2.75) is 118 Å². The number of thiazole rings is 1. The molecule has 17 heteroatoms. The van der Waals surface area contributed by atoms with Crippen molar-refractivity contribution in [3.63, 3.8) is 0 Å². The van der Waals surface area contributed by atoms with Gasteiger partial charge in [-0.1, -0.05) is 56.3 Å². The molecule has 1 unspecified atom stereocenters. The van der Waals surface area contributed by atoms with Crippen LogP contribution in [0.2, 0.25) is 0 Å². The second kappa shape index (κ2) is 24.5. The molecule has 2 saturated heterocycles. The number of pyridine rings is 1. The van der Waals surface area contributed by atoms with Gasteiger partial charge in [0.25, 0.3) is 17.4 Å². The second-order valence-electron chi connectivity index (χ2n) is 21.0. The monoisotopic (exact) mass is 1080 g/mol. The fourth-order valence-electron chi connectivity index (χ4n) is 11.2. The number of likely N-dealkylation sites (tertiary alicyclic amines) is 1. The lowest BCUT2D eigenvalue weighted by Crippen LogP contribution is -2.55. The number of anilines is 1. The largest absolute Gasteiger partial charge is 0.493 e. The molecule has 16 nitrogen and oxygen atoms in total. The van der Waals surface area contributed by atoms with Gasteiger partial charge in [0.15, 0.2) is 0 Å². The van der Waals surface area contributed by atoms with Gasteiger partial charge in [-0.05, 0) is 129 Å². The number of ether oxygens (including phenoxy) is 3. The molecular formula is C61H71N7O9S. The molecule has 410 valence electrons. The van der Waals surface area contributed by atoms with Crippen molar-refractivity contribution in [1.29, 1.82) is 0 Å². The highest BCUT2D eigenvalue weighted by atomic mass is 32.1. The molecule has 0 radical (unpaired) electrons. The van der Waals surface area contributed by atoms with Crippen LogP contribution < -0.4 is 30.6 Å². The average Bonchev–Trinajstić information content (AvgIpc) is 4.26. The fraction of sp³-hybridized carbons (Fsp3) is 0.410. The van der Waals surface area contributed by atoms with Gasteiger partial charge in [-0.25, -0.2) is 4.98 Å². The lowest BCUT2D eigenvalue weighted by molar-refractivity contribution is -0.143. The minimum absolute atomic E-state index is 0.0107. The molecule has 2 aromatic heterocycles. The SMILES string of the molecule is CCN(c1cc(-c2ccc(OCCCOc3cc(-c4scnc4C)ccc3CNC(=O)[C@@H]3C[C@@H](O)CN3C(=O)C(C(C)C)N3Cc4ccccc4C3=O)cc2)cc(C(=O)NCc2c(C)cc(C)[nH]c2=O)c1C)C1CCOCC1. The lowest BCUT2D eigenvalue weighted by atomic mass is 9.95. The number of H-pyrrole nitrogens is 1. The summed E-state index contributed by atoms with van der Waals surface area (Å²) in [7, 11) is 0. The van der Waals surface area contributed by atoms with Crippen molar-refractivity contribution in [3.05, 3.63) is 151 Å². The predicted molar refractivity (Wildman–Crippen MR) is 302 cm³/mol. The molecule has 0 saturated carbocycles. The molecule has 0 aliphatic carbocycles. The number of nitrogens with one attached hydrogen (secondary N) is 3. The summed E-state index contributed by atoms with van der Waals surface area (Å²) in [5.74, 6) is -0.221. The van der Waals surface area contributed by atoms with Crippen LogP contribution in [0, 0.1) is 33.6 Å². The number of aliphatic hydroxyl groups is 1. The van der Waals surface area contributed by atoms with E-state index in [1.54, 1.807) is 16.5 Å². The third-order valence-electron chi connectivity index (χ3n) is 15.3. The summed E-state index contributed by atoms with van der Waals surface area (Å²) < 4.78 is 18.4. The highest BCUT2D eigenvalue weighted by Gasteiger charge is 2.46. The molecule has 4 aromatic carbocycles. The summed E-state index contributed by atoms with van der Waals surface area (Å²) in [6.07, 6.45) is 1.51. The molecule has 6 aromatic rings. The van der Waals surface area contributed by atoms with E-state index in [1.807, 2.05) is 114 Å². The van der Waals surface area contributed by atoms with E-state index in [0.29, 0.717) is 67.6 Å². The van der Waals surface area contributed by atoms with E-state index >= 15 is 0 Å². The number of aryl methyl sites for hydroxylation is 3.